The molecule has 1 aliphatic rings. The highest BCUT2D eigenvalue weighted by atomic mass is 16.5. The van der Waals surface area contributed by atoms with Gasteiger partial charge in [0.15, 0.2) is 11.5 Å². The number of urea groups is 1. The summed E-state index contributed by atoms with van der Waals surface area (Å²) in [6, 6.07) is 4.18. The van der Waals surface area contributed by atoms with Gasteiger partial charge in [-0.05, 0) is 52.8 Å². The molecule has 0 aliphatic heterocycles. The molecule has 160 valence electrons. The van der Waals surface area contributed by atoms with Gasteiger partial charge in [0.2, 0.25) is 11.8 Å². The lowest BCUT2D eigenvalue weighted by Crippen LogP contribution is -2.50. The summed E-state index contributed by atoms with van der Waals surface area (Å²) < 4.78 is 11.1. The van der Waals surface area contributed by atoms with Crippen molar-refractivity contribution in [3.63, 3.8) is 0 Å². The first-order valence-electron chi connectivity index (χ1n) is 9.85. The van der Waals surface area contributed by atoms with Crippen molar-refractivity contribution in [3.05, 3.63) is 18.2 Å². The topological polar surface area (TPSA) is 109 Å². The predicted octanol–water partition coefficient (Wildman–Crippen LogP) is 1.73. The van der Waals surface area contributed by atoms with Crippen LogP contribution in [0.3, 0.4) is 0 Å². The monoisotopic (exact) mass is 406 g/mol. The molecular formula is C20H30N4O5. The standard InChI is InChI=1S/C20H30N4O5/c1-5-28-16-10-9-15(11-17(16)29-6-2)21-18(25)12-24(4)13(3)19(26)23-20(27)22-14-7-8-14/h9-11,13-14H,5-8,12H2,1-4H3,(H,21,25)(H2,22,23,26,27)/t13-/m1/s1. The minimum absolute atomic E-state index is 0.0178. The van der Waals surface area contributed by atoms with Crippen molar-refractivity contribution < 1.29 is 23.9 Å². The summed E-state index contributed by atoms with van der Waals surface area (Å²) in [4.78, 5) is 37.8. The van der Waals surface area contributed by atoms with E-state index in [0.717, 1.165) is 12.8 Å². The molecule has 0 aromatic heterocycles. The second-order valence-corrected chi connectivity index (χ2v) is 6.90. The summed E-state index contributed by atoms with van der Waals surface area (Å²) in [7, 11) is 1.65. The lowest BCUT2D eigenvalue weighted by molar-refractivity contribution is -0.125. The Bertz CT molecular complexity index is 736. The first-order valence-corrected chi connectivity index (χ1v) is 9.85. The molecule has 1 saturated carbocycles. The molecule has 4 amide bonds. The molecule has 1 aromatic rings. The summed E-state index contributed by atoms with van der Waals surface area (Å²) in [6.45, 7) is 6.35. The summed E-state index contributed by atoms with van der Waals surface area (Å²) >= 11 is 0. The minimum Gasteiger partial charge on any atom is -0.490 e. The van der Waals surface area contributed by atoms with Crippen molar-refractivity contribution in [2.75, 3.05) is 32.1 Å². The molecular weight excluding hydrogens is 376 g/mol. The van der Waals surface area contributed by atoms with Gasteiger partial charge >= 0.3 is 6.03 Å². The highest BCUT2D eigenvalue weighted by Crippen LogP contribution is 2.30. The van der Waals surface area contributed by atoms with Crippen molar-refractivity contribution >= 4 is 23.5 Å². The van der Waals surface area contributed by atoms with Crippen LogP contribution in [0.1, 0.15) is 33.6 Å². The molecule has 1 aliphatic carbocycles. The molecule has 1 atom stereocenters. The largest absolute Gasteiger partial charge is 0.490 e. The van der Waals surface area contributed by atoms with Gasteiger partial charge in [-0.15, -0.1) is 0 Å². The normalized spacial score (nSPS) is 14.1. The van der Waals surface area contributed by atoms with E-state index in [-0.39, 0.29) is 18.5 Å². The molecule has 3 N–H and O–H groups in total. The van der Waals surface area contributed by atoms with Gasteiger partial charge in [-0.25, -0.2) is 4.79 Å². The van der Waals surface area contributed by atoms with Crippen LogP contribution in [0, 0.1) is 0 Å². The van der Waals surface area contributed by atoms with E-state index < -0.39 is 18.0 Å². The summed E-state index contributed by atoms with van der Waals surface area (Å²) in [5, 5.41) is 7.77. The molecule has 0 radical (unpaired) electrons. The minimum atomic E-state index is -0.648. The van der Waals surface area contributed by atoms with Crippen LogP contribution >= 0.6 is 0 Å². The fourth-order valence-corrected chi connectivity index (χ4v) is 2.56. The Balaban J connectivity index is 1.87. The number of nitrogens with zero attached hydrogens (tertiary/aromatic N) is 1. The van der Waals surface area contributed by atoms with Crippen LogP contribution in [0.15, 0.2) is 18.2 Å². The van der Waals surface area contributed by atoms with Gasteiger partial charge in [0.25, 0.3) is 0 Å². The first-order chi connectivity index (χ1) is 13.8. The Morgan fingerprint density at radius 1 is 1.14 bits per heavy atom. The molecule has 0 saturated heterocycles. The second-order valence-electron chi connectivity index (χ2n) is 6.90. The van der Waals surface area contributed by atoms with E-state index in [1.54, 1.807) is 37.1 Å². The van der Waals surface area contributed by atoms with Crippen LogP contribution < -0.4 is 25.4 Å². The molecule has 1 fully saturated rings. The molecule has 9 heteroatoms. The number of anilines is 1. The van der Waals surface area contributed by atoms with Gasteiger partial charge in [-0.1, -0.05) is 0 Å². The maximum atomic E-state index is 12.4. The summed E-state index contributed by atoms with van der Waals surface area (Å²) in [6.07, 6.45) is 1.88. The van der Waals surface area contributed by atoms with Gasteiger partial charge in [-0.3, -0.25) is 19.8 Å². The number of ether oxygens (including phenoxy) is 2. The lowest BCUT2D eigenvalue weighted by atomic mass is 10.2. The molecule has 0 heterocycles. The number of carbonyl (C=O) groups excluding carboxylic acids is 3. The molecule has 29 heavy (non-hydrogen) atoms. The Morgan fingerprint density at radius 2 is 1.79 bits per heavy atom. The van der Waals surface area contributed by atoms with Crippen molar-refractivity contribution in [1.82, 2.24) is 15.5 Å². The zero-order chi connectivity index (χ0) is 21.4. The van der Waals surface area contributed by atoms with Gasteiger partial charge < -0.3 is 20.1 Å². The Labute approximate surface area is 171 Å². The number of amides is 4. The number of likely N-dealkylation sites (N-methyl/N-ethyl adjacent to an activating group) is 1. The lowest BCUT2D eigenvalue weighted by Gasteiger charge is -2.23. The third-order valence-electron chi connectivity index (χ3n) is 4.41. The fourth-order valence-electron chi connectivity index (χ4n) is 2.56. The Kier molecular flexibility index (Phi) is 8.26. The smallest absolute Gasteiger partial charge is 0.321 e. The number of nitrogens with one attached hydrogen (secondary N) is 3. The van der Waals surface area contributed by atoms with E-state index in [1.165, 1.54) is 0 Å². The van der Waals surface area contributed by atoms with Gasteiger partial charge in [0, 0.05) is 17.8 Å². The Hall–Kier alpha value is -2.81. The van der Waals surface area contributed by atoms with E-state index in [1.807, 2.05) is 13.8 Å². The zero-order valence-corrected chi connectivity index (χ0v) is 17.4. The van der Waals surface area contributed by atoms with Crippen LogP contribution in [-0.2, 0) is 9.59 Å². The SMILES string of the molecule is CCOc1ccc(NC(=O)CN(C)[C@H](C)C(=O)NC(=O)NC2CC2)cc1OCC. The third-order valence-corrected chi connectivity index (χ3v) is 4.41. The molecule has 0 spiro atoms. The predicted molar refractivity (Wildman–Crippen MR) is 109 cm³/mol. The molecule has 0 bridgehead atoms. The van der Waals surface area contributed by atoms with Gasteiger partial charge in [0.05, 0.1) is 25.8 Å². The van der Waals surface area contributed by atoms with E-state index in [2.05, 4.69) is 16.0 Å². The molecule has 9 nitrogen and oxygen atoms in total. The van der Waals surface area contributed by atoms with E-state index >= 15 is 0 Å². The maximum Gasteiger partial charge on any atom is 0.321 e. The quantitative estimate of drug-likeness (QED) is 0.546. The van der Waals surface area contributed by atoms with Crippen LogP contribution in [0.5, 0.6) is 11.5 Å². The van der Waals surface area contributed by atoms with Crippen molar-refractivity contribution in [3.8, 4) is 11.5 Å². The van der Waals surface area contributed by atoms with E-state index in [9.17, 15) is 14.4 Å². The number of hydrogen-bond donors (Lipinski definition) is 3. The van der Waals surface area contributed by atoms with Crippen LogP contribution in [0.2, 0.25) is 0 Å². The number of rotatable bonds is 10. The Morgan fingerprint density at radius 3 is 2.41 bits per heavy atom. The highest BCUT2D eigenvalue weighted by Gasteiger charge is 2.26. The average molecular weight is 406 g/mol. The number of carbonyl (C=O) groups is 3. The molecule has 1 aromatic carbocycles. The second kappa shape index (κ2) is 10.7. The summed E-state index contributed by atoms with van der Waals surface area (Å²) in [5.41, 5.74) is 0.566. The van der Waals surface area contributed by atoms with E-state index in [4.69, 9.17) is 9.47 Å². The van der Waals surface area contributed by atoms with Crippen LogP contribution in [-0.4, -0.2) is 61.6 Å². The van der Waals surface area contributed by atoms with Gasteiger partial charge in [-0.2, -0.15) is 0 Å². The van der Waals surface area contributed by atoms with Gasteiger partial charge in [0.1, 0.15) is 0 Å². The highest BCUT2D eigenvalue weighted by molar-refractivity contribution is 5.97. The molecule has 2 rings (SSSR count). The van der Waals surface area contributed by atoms with Crippen LogP contribution in [0.25, 0.3) is 0 Å². The number of imide groups is 1. The average Bonchev–Trinajstić information content (AvgIpc) is 3.47. The summed E-state index contributed by atoms with van der Waals surface area (Å²) in [5.74, 6) is 0.411. The van der Waals surface area contributed by atoms with E-state index in [0.29, 0.717) is 30.4 Å². The van der Waals surface area contributed by atoms with Crippen LogP contribution in [0.4, 0.5) is 10.5 Å². The maximum absolute atomic E-state index is 12.4. The fraction of sp³-hybridized carbons (Fsp3) is 0.550. The number of benzene rings is 1. The molecule has 0 unspecified atom stereocenters. The number of hydrogen-bond acceptors (Lipinski definition) is 6. The van der Waals surface area contributed by atoms with Crippen molar-refractivity contribution in [2.24, 2.45) is 0 Å². The zero-order valence-electron chi connectivity index (χ0n) is 17.4. The van der Waals surface area contributed by atoms with Crippen molar-refractivity contribution in [2.45, 2.75) is 45.7 Å². The van der Waals surface area contributed by atoms with Crippen molar-refractivity contribution in [1.29, 1.82) is 0 Å². The first kappa shape index (κ1) is 22.5. The third kappa shape index (κ3) is 7.26.